The first-order chi connectivity index (χ1) is 8.18. The largest absolute Gasteiger partial charge is 0.398 e. The fraction of sp³-hybridized carbons (Fsp3) is 0.308. The molecule has 1 heterocycles. The maximum atomic E-state index is 6.03. The van der Waals surface area contributed by atoms with E-state index in [-0.39, 0.29) is 0 Å². The number of para-hydroxylation sites is 1. The molecule has 0 saturated carbocycles. The van der Waals surface area contributed by atoms with Gasteiger partial charge in [-0.15, -0.1) is 11.8 Å². The van der Waals surface area contributed by atoms with Gasteiger partial charge in [0.2, 0.25) is 0 Å². The van der Waals surface area contributed by atoms with Crippen LogP contribution in [0.5, 0.6) is 0 Å². The highest BCUT2D eigenvalue weighted by Crippen LogP contribution is 2.27. The SMILES string of the molecule is Cc1cccc(SCCn2ccnc2C)c1N. The zero-order valence-electron chi connectivity index (χ0n) is 10.2. The standard InChI is InChI=1S/C13H17N3S/c1-10-4-3-5-12(13(10)14)17-9-8-16-7-6-15-11(16)2/h3-7H,8-9,14H2,1-2H3. The number of hydrogen-bond donors (Lipinski definition) is 1. The lowest BCUT2D eigenvalue weighted by Gasteiger charge is -2.08. The lowest BCUT2D eigenvalue weighted by molar-refractivity contribution is 0.738. The van der Waals surface area contributed by atoms with E-state index in [0.29, 0.717) is 0 Å². The van der Waals surface area contributed by atoms with Crippen molar-refractivity contribution in [3.8, 4) is 0 Å². The molecule has 0 aliphatic carbocycles. The number of aromatic nitrogens is 2. The van der Waals surface area contributed by atoms with Gasteiger partial charge < -0.3 is 10.3 Å². The van der Waals surface area contributed by atoms with E-state index in [1.807, 2.05) is 32.3 Å². The van der Waals surface area contributed by atoms with E-state index in [1.165, 1.54) is 4.90 Å². The topological polar surface area (TPSA) is 43.8 Å². The summed E-state index contributed by atoms with van der Waals surface area (Å²) in [6.45, 7) is 5.02. The predicted molar refractivity (Wildman–Crippen MR) is 73.3 cm³/mol. The quantitative estimate of drug-likeness (QED) is 0.667. The van der Waals surface area contributed by atoms with E-state index in [9.17, 15) is 0 Å². The lowest BCUT2D eigenvalue weighted by atomic mass is 10.2. The van der Waals surface area contributed by atoms with Crippen LogP contribution in [-0.4, -0.2) is 15.3 Å². The summed E-state index contributed by atoms with van der Waals surface area (Å²) >= 11 is 1.79. The van der Waals surface area contributed by atoms with E-state index < -0.39 is 0 Å². The van der Waals surface area contributed by atoms with Gasteiger partial charge in [0, 0.05) is 35.3 Å². The summed E-state index contributed by atoms with van der Waals surface area (Å²) < 4.78 is 2.15. The fourth-order valence-electron chi connectivity index (χ4n) is 1.67. The van der Waals surface area contributed by atoms with Crippen LogP contribution in [0.3, 0.4) is 0 Å². The van der Waals surface area contributed by atoms with Gasteiger partial charge >= 0.3 is 0 Å². The molecule has 4 heteroatoms. The summed E-state index contributed by atoms with van der Waals surface area (Å²) in [5.41, 5.74) is 8.08. The van der Waals surface area contributed by atoms with Crippen LogP contribution < -0.4 is 5.73 Å². The minimum Gasteiger partial charge on any atom is -0.398 e. The van der Waals surface area contributed by atoms with Gasteiger partial charge in [-0.05, 0) is 25.5 Å². The number of aryl methyl sites for hydroxylation is 3. The first-order valence-electron chi connectivity index (χ1n) is 5.64. The van der Waals surface area contributed by atoms with Crippen molar-refractivity contribution in [3.05, 3.63) is 42.0 Å². The molecule has 0 bridgehead atoms. The number of anilines is 1. The zero-order chi connectivity index (χ0) is 12.3. The smallest absolute Gasteiger partial charge is 0.105 e. The van der Waals surface area contributed by atoms with Gasteiger partial charge in [0.05, 0.1) is 0 Å². The molecule has 0 aliphatic rings. The van der Waals surface area contributed by atoms with Crippen molar-refractivity contribution in [3.63, 3.8) is 0 Å². The fourth-order valence-corrected chi connectivity index (χ4v) is 2.67. The van der Waals surface area contributed by atoms with Crippen molar-refractivity contribution in [2.45, 2.75) is 25.3 Å². The van der Waals surface area contributed by atoms with Crippen LogP contribution in [-0.2, 0) is 6.54 Å². The lowest BCUT2D eigenvalue weighted by Crippen LogP contribution is -2.02. The van der Waals surface area contributed by atoms with E-state index in [1.54, 1.807) is 11.8 Å². The van der Waals surface area contributed by atoms with E-state index in [2.05, 4.69) is 21.7 Å². The van der Waals surface area contributed by atoms with Crippen LogP contribution >= 0.6 is 11.8 Å². The van der Waals surface area contributed by atoms with Gasteiger partial charge in [0.1, 0.15) is 5.82 Å². The second kappa shape index (κ2) is 5.27. The molecular weight excluding hydrogens is 230 g/mol. The maximum absolute atomic E-state index is 6.03. The summed E-state index contributed by atoms with van der Waals surface area (Å²) in [7, 11) is 0. The van der Waals surface area contributed by atoms with Crippen molar-refractivity contribution in [2.24, 2.45) is 0 Å². The Morgan fingerprint density at radius 3 is 2.88 bits per heavy atom. The zero-order valence-corrected chi connectivity index (χ0v) is 11.0. The highest BCUT2D eigenvalue weighted by molar-refractivity contribution is 7.99. The van der Waals surface area contributed by atoms with Crippen LogP contribution in [0.1, 0.15) is 11.4 Å². The monoisotopic (exact) mass is 247 g/mol. The highest BCUT2D eigenvalue weighted by atomic mass is 32.2. The molecule has 0 atom stereocenters. The molecule has 0 spiro atoms. The summed E-state index contributed by atoms with van der Waals surface area (Å²) in [6.07, 6.45) is 3.84. The molecular formula is C13H17N3S. The third-order valence-electron chi connectivity index (χ3n) is 2.80. The Hall–Kier alpha value is -1.42. The molecule has 0 radical (unpaired) electrons. The number of thioether (sulfide) groups is 1. The Morgan fingerprint density at radius 2 is 2.18 bits per heavy atom. The van der Waals surface area contributed by atoms with Crippen molar-refractivity contribution in [1.29, 1.82) is 0 Å². The number of nitrogens with two attached hydrogens (primary N) is 1. The van der Waals surface area contributed by atoms with Crippen molar-refractivity contribution in [1.82, 2.24) is 9.55 Å². The van der Waals surface area contributed by atoms with Crippen LogP contribution in [0.4, 0.5) is 5.69 Å². The second-order valence-electron chi connectivity index (χ2n) is 4.00. The van der Waals surface area contributed by atoms with E-state index in [4.69, 9.17) is 5.73 Å². The molecule has 2 rings (SSSR count). The van der Waals surface area contributed by atoms with Crippen molar-refractivity contribution < 1.29 is 0 Å². The maximum Gasteiger partial charge on any atom is 0.105 e. The summed E-state index contributed by atoms with van der Waals surface area (Å²) in [5, 5.41) is 0. The van der Waals surface area contributed by atoms with Gasteiger partial charge in [0.15, 0.2) is 0 Å². The normalized spacial score (nSPS) is 10.7. The van der Waals surface area contributed by atoms with E-state index >= 15 is 0 Å². The number of hydrogen-bond acceptors (Lipinski definition) is 3. The number of nitrogen functional groups attached to an aromatic ring is 1. The van der Waals surface area contributed by atoms with Crippen LogP contribution in [0.2, 0.25) is 0 Å². The Morgan fingerprint density at radius 1 is 1.35 bits per heavy atom. The average Bonchev–Trinajstić information content (AvgIpc) is 2.71. The first kappa shape index (κ1) is 12.0. The van der Waals surface area contributed by atoms with Crippen LogP contribution in [0.15, 0.2) is 35.5 Å². The van der Waals surface area contributed by atoms with Crippen LogP contribution in [0, 0.1) is 13.8 Å². The van der Waals surface area contributed by atoms with E-state index in [0.717, 1.165) is 29.4 Å². The van der Waals surface area contributed by atoms with Gasteiger partial charge in [-0.1, -0.05) is 12.1 Å². The third-order valence-corrected chi connectivity index (χ3v) is 3.85. The molecule has 0 fully saturated rings. The molecule has 1 aromatic heterocycles. The Balaban J connectivity index is 1.95. The molecule has 0 saturated heterocycles. The van der Waals surface area contributed by atoms with Gasteiger partial charge in [0.25, 0.3) is 0 Å². The molecule has 0 aliphatic heterocycles. The molecule has 2 N–H and O–H groups in total. The predicted octanol–water partition coefficient (Wildman–Crippen LogP) is 2.87. The minimum atomic E-state index is 0.903. The summed E-state index contributed by atoms with van der Waals surface area (Å²) in [6, 6.07) is 6.17. The number of imidazole rings is 1. The molecule has 0 unspecified atom stereocenters. The molecule has 2 aromatic rings. The molecule has 90 valence electrons. The highest BCUT2D eigenvalue weighted by Gasteiger charge is 2.02. The Bertz CT molecular complexity index is 505. The summed E-state index contributed by atoms with van der Waals surface area (Å²) in [4.78, 5) is 5.37. The molecule has 1 aromatic carbocycles. The number of nitrogens with zero attached hydrogens (tertiary/aromatic N) is 2. The van der Waals surface area contributed by atoms with Gasteiger partial charge in [-0.3, -0.25) is 0 Å². The van der Waals surface area contributed by atoms with Crippen molar-refractivity contribution >= 4 is 17.4 Å². The Kier molecular flexibility index (Phi) is 3.74. The average molecular weight is 247 g/mol. The first-order valence-corrected chi connectivity index (χ1v) is 6.62. The van der Waals surface area contributed by atoms with Gasteiger partial charge in [-0.25, -0.2) is 4.98 Å². The van der Waals surface area contributed by atoms with Crippen LogP contribution in [0.25, 0.3) is 0 Å². The molecule has 3 nitrogen and oxygen atoms in total. The third kappa shape index (κ3) is 2.82. The molecule has 17 heavy (non-hydrogen) atoms. The second-order valence-corrected chi connectivity index (χ2v) is 5.14. The minimum absolute atomic E-state index is 0.903. The van der Waals surface area contributed by atoms with Crippen molar-refractivity contribution in [2.75, 3.05) is 11.5 Å². The number of rotatable bonds is 4. The molecule has 0 amide bonds. The van der Waals surface area contributed by atoms with Gasteiger partial charge in [-0.2, -0.15) is 0 Å². The summed E-state index contributed by atoms with van der Waals surface area (Å²) in [5.74, 6) is 2.06. The Labute approximate surface area is 106 Å². The number of benzene rings is 1.